The standard InChI is InChI=1S/C19H25N3O4S/c1-2-26-14-6-7-15-16(11-14)27-19(21-15)22-12-13(10-17(22)24)18(25)20-8-4-3-5-9-23/h6-7,11,13,23H,2-5,8-10,12H2,1H3,(H,20,25). The molecule has 1 atom stereocenters. The van der Waals surface area contributed by atoms with Crippen molar-refractivity contribution >= 4 is 38.5 Å². The molecule has 2 heterocycles. The van der Waals surface area contributed by atoms with Gasteiger partial charge >= 0.3 is 0 Å². The highest BCUT2D eigenvalue weighted by atomic mass is 32.1. The number of nitrogens with zero attached hydrogens (tertiary/aromatic N) is 2. The second-order valence-corrected chi connectivity index (χ2v) is 7.55. The third-order valence-corrected chi connectivity index (χ3v) is 5.56. The van der Waals surface area contributed by atoms with Crippen LogP contribution in [0.1, 0.15) is 32.6 Å². The summed E-state index contributed by atoms with van der Waals surface area (Å²) >= 11 is 1.44. The van der Waals surface area contributed by atoms with Gasteiger partial charge in [0.1, 0.15) is 5.75 Å². The zero-order valence-corrected chi connectivity index (χ0v) is 16.3. The molecule has 146 valence electrons. The SMILES string of the molecule is CCOc1ccc2nc(N3CC(C(=O)NCCCCCO)CC3=O)sc2c1. The number of fused-ring (bicyclic) bond motifs is 1. The molecule has 2 aromatic rings. The number of carbonyl (C=O) groups is 2. The lowest BCUT2D eigenvalue weighted by atomic mass is 10.1. The fourth-order valence-corrected chi connectivity index (χ4v) is 4.12. The van der Waals surface area contributed by atoms with Crippen molar-refractivity contribution in [3.05, 3.63) is 18.2 Å². The number of hydrogen-bond acceptors (Lipinski definition) is 6. The molecule has 0 aliphatic carbocycles. The fraction of sp³-hybridized carbons (Fsp3) is 0.526. The highest BCUT2D eigenvalue weighted by Gasteiger charge is 2.36. The van der Waals surface area contributed by atoms with Crippen LogP contribution in [0.2, 0.25) is 0 Å². The smallest absolute Gasteiger partial charge is 0.229 e. The minimum Gasteiger partial charge on any atom is -0.494 e. The van der Waals surface area contributed by atoms with Gasteiger partial charge < -0.3 is 15.2 Å². The average Bonchev–Trinajstić information content (AvgIpc) is 3.24. The second kappa shape index (κ2) is 9.14. The molecule has 3 rings (SSSR count). The van der Waals surface area contributed by atoms with E-state index in [-0.39, 0.29) is 30.8 Å². The van der Waals surface area contributed by atoms with Gasteiger partial charge in [0, 0.05) is 26.1 Å². The maximum Gasteiger partial charge on any atom is 0.229 e. The van der Waals surface area contributed by atoms with Crippen LogP contribution in [0.25, 0.3) is 10.2 Å². The fourth-order valence-electron chi connectivity index (χ4n) is 3.10. The summed E-state index contributed by atoms with van der Waals surface area (Å²) in [6.07, 6.45) is 2.66. The van der Waals surface area contributed by atoms with E-state index in [2.05, 4.69) is 10.3 Å². The average molecular weight is 391 g/mol. The van der Waals surface area contributed by atoms with Crippen LogP contribution in [0.3, 0.4) is 0 Å². The van der Waals surface area contributed by atoms with Gasteiger partial charge in [0.05, 0.1) is 22.7 Å². The summed E-state index contributed by atoms with van der Waals surface area (Å²) in [7, 11) is 0. The highest BCUT2D eigenvalue weighted by Crippen LogP contribution is 2.34. The van der Waals surface area contributed by atoms with Crippen LogP contribution in [0.5, 0.6) is 5.75 Å². The quantitative estimate of drug-likeness (QED) is 0.640. The van der Waals surface area contributed by atoms with Crippen LogP contribution >= 0.6 is 11.3 Å². The van der Waals surface area contributed by atoms with E-state index in [1.54, 1.807) is 4.90 Å². The summed E-state index contributed by atoms with van der Waals surface area (Å²) in [5.41, 5.74) is 0.822. The Kier molecular flexibility index (Phi) is 6.63. The van der Waals surface area contributed by atoms with Crippen LogP contribution in [-0.4, -0.2) is 48.2 Å². The van der Waals surface area contributed by atoms with E-state index in [1.165, 1.54) is 11.3 Å². The molecule has 1 aromatic carbocycles. The number of nitrogens with one attached hydrogen (secondary N) is 1. The Bertz CT molecular complexity index is 807. The maximum absolute atomic E-state index is 12.4. The highest BCUT2D eigenvalue weighted by molar-refractivity contribution is 7.22. The number of rotatable bonds is 9. The number of aliphatic hydroxyl groups excluding tert-OH is 1. The summed E-state index contributed by atoms with van der Waals surface area (Å²) in [6, 6.07) is 5.68. The van der Waals surface area contributed by atoms with Gasteiger partial charge in [-0.15, -0.1) is 0 Å². The lowest BCUT2D eigenvalue weighted by Crippen LogP contribution is -2.33. The van der Waals surface area contributed by atoms with Crippen LogP contribution in [0.4, 0.5) is 5.13 Å². The van der Waals surface area contributed by atoms with E-state index in [0.29, 0.717) is 24.8 Å². The lowest BCUT2D eigenvalue weighted by Gasteiger charge is -2.13. The van der Waals surface area contributed by atoms with Gasteiger partial charge in [-0.3, -0.25) is 14.5 Å². The van der Waals surface area contributed by atoms with Gasteiger partial charge in [-0.25, -0.2) is 4.98 Å². The molecule has 1 saturated heterocycles. The largest absolute Gasteiger partial charge is 0.494 e. The first-order valence-corrected chi connectivity index (χ1v) is 10.2. The molecule has 1 fully saturated rings. The number of hydrogen-bond donors (Lipinski definition) is 2. The van der Waals surface area contributed by atoms with Crippen molar-refractivity contribution in [2.45, 2.75) is 32.6 Å². The van der Waals surface area contributed by atoms with Crippen molar-refractivity contribution in [2.24, 2.45) is 5.92 Å². The number of thiazole rings is 1. The Morgan fingerprint density at radius 2 is 2.26 bits per heavy atom. The molecule has 2 N–H and O–H groups in total. The molecule has 0 spiro atoms. The van der Waals surface area contributed by atoms with Crippen LogP contribution in [0.15, 0.2) is 18.2 Å². The van der Waals surface area contributed by atoms with Crippen LogP contribution in [-0.2, 0) is 9.59 Å². The summed E-state index contributed by atoms with van der Waals surface area (Å²) in [5.74, 6) is 0.279. The van der Waals surface area contributed by atoms with Crippen molar-refractivity contribution < 1.29 is 19.4 Å². The first kappa shape index (κ1) is 19.6. The van der Waals surface area contributed by atoms with E-state index < -0.39 is 0 Å². The topological polar surface area (TPSA) is 91.8 Å². The summed E-state index contributed by atoms with van der Waals surface area (Å²) < 4.78 is 6.47. The first-order chi connectivity index (χ1) is 13.1. The molecule has 8 heteroatoms. The molecular weight excluding hydrogens is 366 g/mol. The number of amides is 2. The monoisotopic (exact) mass is 391 g/mol. The summed E-state index contributed by atoms with van der Waals surface area (Å²) in [6.45, 7) is 3.64. The van der Waals surface area contributed by atoms with Crippen molar-refractivity contribution in [1.29, 1.82) is 0 Å². The molecule has 2 amide bonds. The van der Waals surface area contributed by atoms with Crippen LogP contribution < -0.4 is 15.0 Å². The van der Waals surface area contributed by atoms with Crippen molar-refractivity contribution in [2.75, 3.05) is 31.2 Å². The molecule has 1 aliphatic heterocycles. The predicted molar refractivity (Wildman–Crippen MR) is 105 cm³/mol. The Hall–Kier alpha value is -2.19. The predicted octanol–water partition coefficient (Wildman–Crippen LogP) is 2.33. The number of ether oxygens (including phenoxy) is 1. The molecule has 0 bridgehead atoms. The Labute approximate surface area is 162 Å². The van der Waals surface area contributed by atoms with Crippen LogP contribution in [0, 0.1) is 5.92 Å². The summed E-state index contributed by atoms with van der Waals surface area (Å²) in [4.78, 5) is 30.9. The number of carbonyl (C=O) groups excluding carboxylic acids is 2. The molecule has 0 radical (unpaired) electrons. The van der Waals surface area contributed by atoms with Gasteiger partial charge in [0.25, 0.3) is 0 Å². The number of anilines is 1. The number of aromatic nitrogens is 1. The lowest BCUT2D eigenvalue weighted by molar-refractivity contribution is -0.126. The van der Waals surface area contributed by atoms with E-state index in [4.69, 9.17) is 9.84 Å². The second-order valence-electron chi connectivity index (χ2n) is 6.54. The van der Waals surface area contributed by atoms with E-state index in [9.17, 15) is 9.59 Å². The van der Waals surface area contributed by atoms with Gasteiger partial charge in [0.2, 0.25) is 11.8 Å². The number of benzene rings is 1. The van der Waals surface area contributed by atoms with E-state index >= 15 is 0 Å². The molecule has 7 nitrogen and oxygen atoms in total. The zero-order valence-electron chi connectivity index (χ0n) is 15.4. The van der Waals surface area contributed by atoms with E-state index in [1.807, 2.05) is 25.1 Å². The minimum atomic E-state index is -0.346. The molecule has 1 aromatic heterocycles. The molecular formula is C19H25N3O4S. The van der Waals surface area contributed by atoms with Crippen molar-refractivity contribution in [1.82, 2.24) is 10.3 Å². The van der Waals surface area contributed by atoms with Crippen molar-refractivity contribution in [3.63, 3.8) is 0 Å². The zero-order chi connectivity index (χ0) is 19.2. The normalized spacial score (nSPS) is 16.9. The number of aliphatic hydroxyl groups is 1. The molecule has 1 aliphatic rings. The van der Waals surface area contributed by atoms with Gasteiger partial charge in [-0.2, -0.15) is 0 Å². The first-order valence-electron chi connectivity index (χ1n) is 9.34. The Morgan fingerprint density at radius 3 is 3.04 bits per heavy atom. The summed E-state index contributed by atoms with van der Waals surface area (Å²) in [5, 5.41) is 12.3. The maximum atomic E-state index is 12.4. The Balaban J connectivity index is 1.61. The van der Waals surface area contributed by atoms with Gasteiger partial charge in [0.15, 0.2) is 5.13 Å². The molecule has 0 saturated carbocycles. The van der Waals surface area contributed by atoms with Crippen molar-refractivity contribution in [3.8, 4) is 5.75 Å². The van der Waals surface area contributed by atoms with E-state index in [0.717, 1.165) is 35.2 Å². The Morgan fingerprint density at radius 1 is 1.41 bits per heavy atom. The molecule has 1 unspecified atom stereocenters. The third kappa shape index (κ3) is 4.75. The minimum absolute atomic E-state index is 0.0699. The van der Waals surface area contributed by atoms with Gasteiger partial charge in [-0.1, -0.05) is 11.3 Å². The third-order valence-electron chi connectivity index (χ3n) is 4.52. The molecule has 27 heavy (non-hydrogen) atoms. The van der Waals surface area contributed by atoms with Gasteiger partial charge in [-0.05, 0) is 44.4 Å². The number of unbranched alkanes of at least 4 members (excludes halogenated alkanes) is 2.